The van der Waals surface area contributed by atoms with Crippen molar-refractivity contribution in [2.24, 2.45) is 0 Å². The van der Waals surface area contributed by atoms with E-state index >= 15 is 0 Å². The topological polar surface area (TPSA) is 49.8 Å². The SMILES string of the molecule is CO[C@@H]1C[C@@H](CO)N(C(=O)Cc2c(F)cccc2F)C1. The number of likely N-dealkylation sites (tertiary alicyclic amines) is 1. The van der Waals surface area contributed by atoms with Gasteiger partial charge in [-0.3, -0.25) is 4.79 Å². The highest BCUT2D eigenvalue weighted by atomic mass is 19.1. The number of carbonyl (C=O) groups is 1. The molecule has 1 heterocycles. The van der Waals surface area contributed by atoms with Crippen LogP contribution in [0.1, 0.15) is 12.0 Å². The Kier molecular flexibility index (Phi) is 4.67. The molecule has 6 heteroatoms. The normalized spacial score (nSPS) is 22.3. The molecular weight excluding hydrogens is 268 g/mol. The van der Waals surface area contributed by atoms with Crippen LogP contribution in [0.4, 0.5) is 8.78 Å². The molecule has 110 valence electrons. The molecule has 1 amide bonds. The highest BCUT2D eigenvalue weighted by molar-refractivity contribution is 5.79. The minimum absolute atomic E-state index is 0.151. The molecular formula is C14H17F2NO3. The summed E-state index contributed by atoms with van der Waals surface area (Å²) in [5.41, 5.74) is -0.241. The third-order valence-corrected chi connectivity index (χ3v) is 3.63. The quantitative estimate of drug-likeness (QED) is 0.902. The third kappa shape index (κ3) is 2.96. The molecule has 0 spiro atoms. The van der Waals surface area contributed by atoms with E-state index in [-0.39, 0.29) is 30.7 Å². The minimum Gasteiger partial charge on any atom is -0.394 e. The highest BCUT2D eigenvalue weighted by Gasteiger charge is 2.35. The summed E-state index contributed by atoms with van der Waals surface area (Å²) in [6.45, 7) is 0.141. The molecule has 2 atom stereocenters. The lowest BCUT2D eigenvalue weighted by atomic mass is 10.1. The Morgan fingerprint density at radius 1 is 1.45 bits per heavy atom. The molecule has 1 N–H and O–H groups in total. The zero-order chi connectivity index (χ0) is 14.7. The summed E-state index contributed by atoms with van der Waals surface area (Å²) in [6.07, 6.45) is 0.0192. The van der Waals surface area contributed by atoms with Gasteiger partial charge < -0.3 is 14.7 Å². The number of amides is 1. The molecule has 0 saturated carbocycles. The molecule has 2 rings (SSSR count). The van der Waals surface area contributed by atoms with Crippen molar-refractivity contribution >= 4 is 5.91 Å². The number of benzene rings is 1. The maximum absolute atomic E-state index is 13.5. The molecule has 1 aliphatic rings. The van der Waals surface area contributed by atoms with Crippen LogP contribution in [0, 0.1) is 11.6 Å². The van der Waals surface area contributed by atoms with Crippen LogP contribution in [0.25, 0.3) is 0 Å². The fraction of sp³-hybridized carbons (Fsp3) is 0.500. The maximum atomic E-state index is 13.5. The van der Waals surface area contributed by atoms with Gasteiger partial charge in [-0.1, -0.05) is 6.07 Å². The molecule has 0 unspecified atom stereocenters. The lowest BCUT2D eigenvalue weighted by molar-refractivity contribution is -0.132. The van der Waals surface area contributed by atoms with Crippen molar-refractivity contribution in [2.75, 3.05) is 20.3 Å². The average molecular weight is 285 g/mol. The number of methoxy groups -OCH3 is 1. The Balaban J connectivity index is 2.12. The van der Waals surface area contributed by atoms with Crippen molar-refractivity contribution < 1.29 is 23.4 Å². The fourth-order valence-electron chi connectivity index (χ4n) is 2.48. The number of halogens is 2. The molecule has 0 aromatic heterocycles. The van der Waals surface area contributed by atoms with E-state index in [9.17, 15) is 18.7 Å². The Morgan fingerprint density at radius 3 is 2.65 bits per heavy atom. The van der Waals surface area contributed by atoms with Crippen molar-refractivity contribution in [3.05, 3.63) is 35.4 Å². The van der Waals surface area contributed by atoms with Gasteiger partial charge >= 0.3 is 0 Å². The lowest BCUT2D eigenvalue weighted by Gasteiger charge is -2.23. The van der Waals surface area contributed by atoms with Crippen LogP contribution < -0.4 is 0 Å². The van der Waals surface area contributed by atoms with Gasteiger partial charge in [0, 0.05) is 19.2 Å². The molecule has 0 aliphatic carbocycles. The van der Waals surface area contributed by atoms with Gasteiger partial charge in [0.25, 0.3) is 0 Å². The van der Waals surface area contributed by atoms with Crippen molar-refractivity contribution in [3.63, 3.8) is 0 Å². The van der Waals surface area contributed by atoms with E-state index in [0.29, 0.717) is 13.0 Å². The summed E-state index contributed by atoms with van der Waals surface area (Å²) < 4.78 is 32.2. The summed E-state index contributed by atoms with van der Waals surface area (Å²) in [5, 5.41) is 9.28. The van der Waals surface area contributed by atoms with E-state index < -0.39 is 17.5 Å². The van der Waals surface area contributed by atoms with Crippen molar-refractivity contribution in [2.45, 2.75) is 25.0 Å². The van der Waals surface area contributed by atoms with E-state index in [1.54, 1.807) is 0 Å². The monoisotopic (exact) mass is 285 g/mol. The van der Waals surface area contributed by atoms with Crippen LogP contribution in [0.3, 0.4) is 0 Å². The van der Waals surface area contributed by atoms with E-state index in [1.807, 2.05) is 0 Å². The molecule has 1 aromatic carbocycles. The zero-order valence-corrected chi connectivity index (χ0v) is 11.2. The number of aliphatic hydroxyl groups is 1. The molecule has 1 aliphatic heterocycles. The second-order valence-electron chi connectivity index (χ2n) is 4.85. The summed E-state index contributed by atoms with van der Waals surface area (Å²) in [6, 6.07) is 3.14. The number of aliphatic hydroxyl groups excluding tert-OH is 1. The molecule has 4 nitrogen and oxygen atoms in total. The minimum atomic E-state index is -0.735. The second-order valence-corrected chi connectivity index (χ2v) is 4.85. The van der Waals surface area contributed by atoms with E-state index in [2.05, 4.69) is 0 Å². The smallest absolute Gasteiger partial charge is 0.227 e. The van der Waals surface area contributed by atoms with Crippen molar-refractivity contribution in [1.29, 1.82) is 0 Å². The predicted octanol–water partition coefficient (Wildman–Crippen LogP) is 1.12. The van der Waals surface area contributed by atoms with E-state index in [0.717, 1.165) is 12.1 Å². The average Bonchev–Trinajstić information content (AvgIpc) is 2.86. The van der Waals surface area contributed by atoms with Crippen molar-refractivity contribution in [1.82, 2.24) is 4.90 Å². The second kappa shape index (κ2) is 6.28. The van der Waals surface area contributed by atoms with E-state index in [4.69, 9.17) is 4.74 Å². The Bertz CT molecular complexity index is 475. The Morgan fingerprint density at radius 2 is 2.10 bits per heavy atom. The van der Waals surface area contributed by atoms with Gasteiger partial charge in [-0.05, 0) is 18.6 Å². The maximum Gasteiger partial charge on any atom is 0.227 e. The van der Waals surface area contributed by atoms with Crippen LogP contribution in [0.5, 0.6) is 0 Å². The van der Waals surface area contributed by atoms with Crippen molar-refractivity contribution in [3.8, 4) is 0 Å². The predicted molar refractivity (Wildman–Crippen MR) is 68.1 cm³/mol. The lowest BCUT2D eigenvalue weighted by Crippen LogP contribution is -2.39. The van der Waals surface area contributed by atoms with Gasteiger partial charge in [0.05, 0.1) is 25.2 Å². The van der Waals surface area contributed by atoms with Gasteiger partial charge in [-0.15, -0.1) is 0 Å². The van der Waals surface area contributed by atoms with Gasteiger partial charge in [0.15, 0.2) is 0 Å². The van der Waals surface area contributed by atoms with E-state index in [1.165, 1.54) is 18.1 Å². The van der Waals surface area contributed by atoms with Crippen LogP contribution >= 0.6 is 0 Å². The summed E-state index contributed by atoms with van der Waals surface area (Å²) >= 11 is 0. The molecule has 20 heavy (non-hydrogen) atoms. The Labute approximate surface area is 116 Å². The number of ether oxygens (including phenoxy) is 1. The molecule has 1 saturated heterocycles. The first-order valence-electron chi connectivity index (χ1n) is 6.42. The fourth-order valence-corrected chi connectivity index (χ4v) is 2.48. The summed E-state index contributed by atoms with van der Waals surface area (Å²) in [5.74, 6) is -1.88. The van der Waals surface area contributed by atoms with Gasteiger partial charge in [0.1, 0.15) is 11.6 Å². The highest BCUT2D eigenvalue weighted by Crippen LogP contribution is 2.22. The first-order chi connectivity index (χ1) is 9.56. The zero-order valence-electron chi connectivity index (χ0n) is 11.2. The first-order valence-corrected chi connectivity index (χ1v) is 6.42. The van der Waals surface area contributed by atoms with Crippen LogP contribution in [0.15, 0.2) is 18.2 Å². The molecule has 1 fully saturated rings. The summed E-state index contributed by atoms with van der Waals surface area (Å²) in [4.78, 5) is 13.6. The number of hydrogen-bond acceptors (Lipinski definition) is 3. The molecule has 0 bridgehead atoms. The standard InChI is InChI=1S/C14H17F2NO3/c1-20-10-5-9(8-18)17(7-10)14(19)6-11-12(15)3-2-4-13(11)16/h2-4,9-10,18H,5-8H2,1H3/t9-,10+/m0/s1. The number of hydrogen-bond donors (Lipinski definition) is 1. The number of nitrogens with zero attached hydrogens (tertiary/aromatic N) is 1. The summed E-state index contributed by atoms with van der Waals surface area (Å²) in [7, 11) is 1.53. The third-order valence-electron chi connectivity index (χ3n) is 3.63. The largest absolute Gasteiger partial charge is 0.394 e. The number of carbonyl (C=O) groups excluding carboxylic acids is 1. The number of rotatable bonds is 4. The van der Waals surface area contributed by atoms with Gasteiger partial charge in [-0.25, -0.2) is 8.78 Å². The Hall–Kier alpha value is -1.53. The van der Waals surface area contributed by atoms with Crippen LogP contribution in [0.2, 0.25) is 0 Å². The van der Waals surface area contributed by atoms with Crippen LogP contribution in [-0.4, -0.2) is 48.3 Å². The first kappa shape index (κ1) is 14.9. The van der Waals surface area contributed by atoms with Gasteiger partial charge in [0.2, 0.25) is 5.91 Å². The van der Waals surface area contributed by atoms with Crippen LogP contribution in [-0.2, 0) is 16.0 Å². The molecule has 1 aromatic rings. The van der Waals surface area contributed by atoms with Gasteiger partial charge in [-0.2, -0.15) is 0 Å². The molecule has 0 radical (unpaired) electrons.